The summed E-state index contributed by atoms with van der Waals surface area (Å²) in [5, 5.41) is 3.89. The van der Waals surface area contributed by atoms with E-state index < -0.39 is 10.0 Å². The van der Waals surface area contributed by atoms with Gasteiger partial charge in [0.05, 0.1) is 0 Å². The molecule has 0 saturated carbocycles. The van der Waals surface area contributed by atoms with Gasteiger partial charge in [-0.05, 0) is 6.54 Å². The maximum atomic E-state index is 10.7. The Morgan fingerprint density at radius 1 is 1.45 bits per heavy atom. The van der Waals surface area contributed by atoms with Crippen molar-refractivity contribution >= 4 is 10.0 Å². The number of rotatable bonds is 6. The van der Waals surface area contributed by atoms with Crippen molar-refractivity contribution in [1.29, 1.82) is 0 Å². The number of nitrogens with one attached hydrogen (secondary N) is 2. The summed E-state index contributed by atoms with van der Waals surface area (Å²) < 4.78 is 23.7. The Labute approximate surface area is 67.7 Å². The first-order valence-corrected chi connectivity index (χ1v) is 5.00. The third-order valence-electron chi connectivity index (χ3n) is 1.07. The highest BCUT2D eigenvalue weighted by atomic mass is 32.2. The second kappa shape index (κ2) is 5.29. The van der Waals surface area contributed by atoms with Crippen LogP contribution in [0.4, 0.5) is 0 Å². The standard InChI is InChI=1S/C6H14N2O2S/c1-3-7-5-6-8-11(9,10)4-2/h4,7-8H,2-3,5-6H2,1H3. The van der Waals surface area contributed by atoms with Crippen LogP contribution in [-0.4, -0.2) is 28.1 Å². The summed E-state index contributed by atoms with van der Waals surface area (Å²) >= 11 is 0. The smallest absolute Gasteiger partial charge is 0.233 e. The van der Waals surface area contributed by atoms with Crippen molar-refractivity contribution in [3.63, 3.8) is 0 Å². The highest BCUT2D eigenvalue weighted by molar-refractivity contribution is 7.92. The average Bonchev–Trinajstić information content (AvgIpc) is 1.99. The van der Waals surface area contributed by atoms with Crippen LogP contribution in [0, 0.1) is 0 Å². The summed E-state index contributed by atoms with van der Waals surface area (Å²) in [6, 6.07) is 0. The Bertz CT molecular complexity index is 199. The van der Waals surface area contributed by atoms with Gasteiger partial charge in [-0.1, -0.05) is 13.5 Å². The fourth-order valence-electron chi connectivity index (χ4n) is 0.517. The lowest BCUT2D eigenvalue weighted by Crippen LogP contribution is -2.30. The minimum absolute atomic E-state index is 0.405. The quantitative estimate of drug-likeness (QED) is 0.547. The second-order valence-corrected chi connectivity index (χ2v) is 3.67. The Morgan fingerprint density at radius 2 is 2.09 bits per heavy atom. The molecule has 5 heteroatoms. The molecule has 66 valence electrons. The molecule has 0 aliphatic carbocycles. The molecule has 0 aromatic heterocycles. The third kappa shape index (κ3) is 6.03. The molecule has 0 fully saturated rings. The van der Waals surface area contributed by atoms with Crippen LogP contribution < -0.4 is 10.0 Å². The molecule has 4 nitrogen and oxygen atoms in total. The molecule has 0 aliphatic heterocycles. The van der Waals surface area contributed by atoms with Crippen molar-refractivity contribution in [2.75, 3.05) is 19.6 Å². The number of sulfonamides is 1. The molecule has 0 saturated heterocycles. The van der Waals surface area contributed by atoms with Gasteiger partial charge < -0.3 is 5.32 Å². The van der Waals surface area contributed by atoms with Crippen LogP contribution in [0.5, 0.6) is 0 Å². The molecule has 0 amide bonds. The van der Waals surface area contributed by atoms with Crippen LogP contribution in [0.1, 0.15) is 6.92 Å². The van der Waals surface area contributed by atoms with E-state index in [2.05, 4.69) is 16.6 Å². The zero-order valence-corrected chi connectivity index (χ0v) is 7.45. The summed E-state index contributed by atoms with van der Waals surface area (Å²) in [5.74, 6) is 0. The van der Waals surface area contributed by atoms with E-state index in [4.69, 9.17) is 0 Å². The Kier molecular flexibility index (Phi) is 5.10. The molecule has 0 heterocycles. The summed E-state index contributed by atoms with van der Waals surface area (Å²) in [5.41, 5.74) is 0. The minimum Gasteiger partial charge on any atom is -0.316 e. The highest BCUT2D eigenvalue weighted by Gasteiger charge is 1.99. The van der Waals surface area contributed by atoms with Crippen LogP contribution in [0.25, 0.3) is 0 Å². The molecule has 0 rings (SSSR count). The molecule has 11 heavy (non-hydrogen) atoms. The summed E-state index contributed by atoms with van der Waals surface area (Å²) in [6.07, 6.45) is 0. The predicted octanol–water partition coefficient (Wildman–Crippen LogP) is -0.341. The van der Waals surface area contributed by atoms with Crippen molar-refractivity contribution in [3.05, 3.63) is 12.0 Å². The summed E-state index contributed by atoms with van der Waals surface area (Å²) in [6.45, 7) is 7.01. The molecule has 2 N–H and O–H groups in total. The largest absolute Gasteiger partial charge is 0.316 e. The van der Waals surface area contributed by atoms with Crippen LogP contribution in [0.2, 0.25) is 0 Å². The van der Waals surface area contributed by atoms with Crippen LogP contribution in [-0.2, 0) is 10.0 Å². The van der Waals surface area contributed by atoms with Gasteiger partial charge in [-0.25, -0.2) is 13.1 Å². The van der Waals surface area contributed by atoms with Crippen molar-refractivity contribution < 1.29 is 8.42 Å². The third-order valence-corrected chi connectivity index (χ3v) is 2.12. The molecule has 0 aliphatic rings. The Hall–Kier alpha value is -0.390. The van der Waals surface area contributed by atoms with E-state index in [9.17, 15) is 8.42 Å². The summed E-state index contributed by atoms with van der Waals surface area (Å²) in [4.78, 5) is 0. The van der Waals surface area contributed by atoms with Crippen molar-refractivity contribution in [2.45, 2.75) is 6.92 Å². The Balaban J connectivity index is 3.47. The fraction of sp³-hybridized carbons (Fsp3) is 0.667. The van der Waals surface area contributed by atoms with Gasteiger partial charge in [0.1, 0.15) is 0 Å². The topological polar surface area (TPSA) is 58.2 Å². The second-order valence-electron chi connectivity index (χ2n) is 1.96. The minimum atomic E-state index is -3.23. The SMILES string of the molecule is C=CS(=O)(=O)NCCNCC. The predicted molar refractivity (Wildman–Crippen MR) is 45.7 cm³/mol. The van der Waals surface area contributed by atoms with Crippen LogP contribution in [0.15, 0.2) is 12.0 Å². The molecule has 0 aromatic carbocycles. The molecule has 0 unspecified atom stereocenters. The molecule has 0 aromatic rings. The Morgan fingerprint density at radius 3 is 2.55 bits per heavy atom. The lowest BCUT2D eigenvalue weighted by atomic mass is 10.6. The van der Waals surface area contributed by atoms with E-state index in [1.807, 2.05) is 6.92 Å². The average molecular weight is 178 g/mol. The van der Waals surface area contributed by atoms with E-state index in [-0.39, 0.29) is 0 Å². The zero-order chi connectivity index (χ0) is 8.74. The van der Waals surface area contributed by atoms with E-state index in [0.29, 0.717) is 13.1 Å². The molecular formula is C6H14N2O2S. The fourth-order valence-corrected chi connectivity index (χ4v) is 1.02. The lowest BCUT2D eigenvalue weighted by Gasteiger charge is -2.01. The van der Waals surface area contributed by atoms with E-state index >= 15 is 0 Å². The molecule has 0 spiro atoms. The van der Waals surface area contributed by atoms with Crippen LogP contribution >= 0.6 is 0 Å². The normalized spacial score (nSPS) is 11.4. The number of hydrogen-bond donors (Lipinski definition) is 2. The van der Waals surface area contributed by atoms with Crippen molar-refractivity contribution in [3.8, 4) is 0 Å². The summed E-state index contributed by atoms with van der Waals surface area (Å²) in [7, 11) is -3.23. The lowest BCUT2D eigenvalue weighted by molar-refractivity contribution is 0.586. The van der Waals surface area contributed by atoms with E-state index in [1.165, 1.54) is 0 Å². The molecular weight excluding hydrogens is 164 g/mol. The van der Waals surface area contributed by atoms with Gasteiger partial charge in [0.2, 0.25) is 10.0 Å². The van der Waals surface area contributed by atoms with Gasteiger partial charge in [-0.2, -0.15) is 0 Å². The molecule has 0 bridgehead atoms. The zero-order valence-electron chi connectivity index (χ0n) is 6.63. The van der Waals surface area contributed by atoms with E-state index in [1.54, 1.807) is 0 Å². The number of hydrogen-bond acceptors (Lipinski definition) is 3. The molecule has 0 radical (unpaired) electrons. The van der Waals surface area contributed by atoms with Crippen molar-refractivity contribution in [1.82, 2.24) is 10.0 Å². The first-order chi connectivity index (χ1) is 5.12. The van der Waals surface area contributed by atoms with Crippen LogP contribution in [0.3, 0.4) is 0 Å². The van der Waals surface area contributed by atoms with Gasteiger partial charge in [0, 0.05) is 18.5 Å². The van der Waals surface area contributed by atoms with Crippen molar-refractivity contribution in [2.24, 2.45) is 0 Å². The first-order valence-electron chi connectivity index (χ1n) is 3.45. The maximum Gasteiger partial charge on any atom is 0.233 e. The van der Waals surface area contributed by atoms with Gasteiger partial charge >= 0.3 is 0 Å². The highest BCUT2D eigenvalue weighted by Crippen LogP contribution is 1.80. The number of likely N-dealkylation sites (N-methyl/N-ethyl adjacent to an activating group) is 1. The molecule has 0 atom stereocenters. The van der Waals surface area contributed by atoms with Gasteiger partial charge in [-0.3, -0.25) is 0 Å². The maximum absolute atomic E-state index is 10.7. The first kappa shape index (κ1) is 10.6. The van der Waals surface area contributed by atoms with Gasteiger partial charge in [0.15, 0.2) is 0 Å². The van der Waals surface area contributed by atoms with E-state index in [0.717, 1.165) is 12.0 Å². The van der Waals surface area contributed by atoms with Gasteiger partial charge in [0.25, 0.3) is 0 Å². The monoisotopic (exact) mass is 178 g/mol. The van der Waals surface area contributed by atoms with Gasteiger partial charge in [-0.15, -0.1) is 0 Å².